The van der Waals surface area contributed by atoms with E-state index in [9.17, 15) is 4.79 Å². The quantitative estimate of drug-likeness (QED) is 0.393. The fourth-order valence-electron chi connectivity index (χ4n) is 1.93. The number of hydrogen-bond acceptors (Lipinski definition) is 5. The normalized spacial score (nSPS) is 11.5. The third kappa shape index (κ3) is 3.03. The smallest absolute Gasteiger partial charge is 0.270 e. The Morgan fingerprint density at radius 2 is 2.14 bits per heavy atom. The lowest BCUT2D eigenvalue weighted by Crippen LogP contribution is -2.26. The molecule has 2 rings (SSSR count). The van der Waals surface area contributed by atoms with Crippen molar-refractivity contribution in [3.05, 3.63) is 45.4 Å². The SMILES string of the molecule is Cc1nc(C)c(C(=O)N(C)c2cccc(/C(N)=N/O)c2)s1. The molecule has 0 fully saturated rings. The summed E-state index contributed by atoms with van der Waals surface area (Å²) in [5, 5.41) is 12.5. The van der Waals surface area contributed by atoms with E-state index < -0.39 is 0 Å². The minimum Gasteiger partial charge on any atom is -0.409 e. The van der Waals surface area contributed by atoms with Gasteiger partial charge in [-0.05, 0) is 26.0 Å². The summed E-state index contributed by atoms with van der Waals surface area (Å²) in [6, 6.07) is 6.93. The molecule has 0 unspecified atom stereocenters. The molecule has 1 amide bonds. The van der Waals surface area contributed by atoms with Crippen LogP contribution in [0, 0.1) is 13.8 Å². The maximum atomic E-state index is 12.5. The predicted octanol–water partition coefficient (Wildman–Crippen LogP) is 2.13. The van der Waals surface area contributed by atoms with E-state index in [2.05, 4.69) is 10.1 Å². The molecule has 3 N–H and O–H groups in total. The fraction of sp³-hybridized carbons (Fsp3) is 0.214. The van der Waals surface area contributed by atoms with E-state index in [1.165, 1.54) is 16.2 Å². The Hall–Kier alpha value is -2.41. The minimum absolute atomic E-state index is 0.00233. The number of anilines is 1. The van der Waals surface area contributed by atoms with Crippen molar-refractivity contribution in [2.75, 3.05) is 11.9 Å². The number of carbonyl (C=O) groups excluding carboxylic acids is 1. The molecule has 0 spiro atoms. The minimum atomic E-state index is -0.130. The zero-order chi connectivity index (χ0) is 15.6. The first-order valence-electron chi connectivity index (χ1n) is 6.24. The van der Waals surface area contributed by atoms with Gasteiger partial charge in [0.25, 0.3) is 5.91 Å². The van der Waals surface area contributed by atoms with E-state index in [1.807, 2.05) is 13.8 Å². The molecule has 0 aliphatic heterocycles. The number of benzene rings is 1. The van der Waals surface area contributed by atoms with Crippen molar-refractivity contribution >= 4 is 28.8 Å². The molecule has 21 heavy (non-hydrogen) atoms. The van der Waals surface area contributed by atoms with Crippen molar-refractivity contribution in [2.45, 2.75) is 13.8 Å². The van der Waals surface area contributed by atoms with E-state index in [0.29, 0.717) is 16.1 Å². The van der Waals surface area contributed by atoms with Crippen molar-refractivity contribution < 1.29 is 10.0 Å². The van der Waals surface area contributed by atoms with Gasteiger partial charge >= 0.3 is 0 Å². The van der Waals surface area contributed by atoms with Crippen LogP contribution in [0.2, 0.25) is 0 Å². The van der Waals surface area contributed by atoms with Crippen molar-refractivity contribution in [1.82, 2.24) is 4.98 Å². The van der Waals surface area contributed by atoms with Gasteiger partial charge in [-0.2, -0.15) is 0 Å². The second-order valence-corrected chi connectivity index (χ2v) is 5.75. The van der Waals surface area contributed by atoms with Gasteiger partial charge in [0.2, 0.25) is 0 Å². The van der Waals surface area contributed by atoms with Gasteiger partial charge in [0.05, 0.1) is 10.7 Å². The molecular weight excluding hydrogens is 288 g/mol. The molecule has 1 heterocycles. The van der Waals surface area contributed by atoms with Crippen molar-refractivity contribution in [1.29, 1.82) is 0 Å². The van der Waals surface area contributed by atoms with E-state index in [4.69, 9.17) is 10.9 Å². The lowest BCUT2D eigenvalue weighted by molar-refractivity contribution is 0.0996. The third-order valence-electron chi connectivity index (χ3n) is 3.04. The van der Waals surface area contributed by atoms with E-state index in [1.54, 1.807) is 31.3 Å². The van der Waals surface area contributed by atoms with Gasteiger partial charge in [-0.15, -0.1) is 11.3 Å². The summed E-state index contributed by atoms with van der Waals surface area (Å²) in [4.78, 5) is 18.9. The molecule has 0 aliphatic carbocycles. The molecule has 110 valence electrons. The van der Waals surface area contributed by atoms with Crippen molar-refractivity contribution in [3.63, 3.8) is 0 Å². The van der Waals surface area contributed by atoms with Gasteiger partial charge in [-0.25, -0.2) is 4.98 Å². The first kappa shape index (κ1) is 15.0. The van der Waals surface area contributed by atoms with E-state index >= 15 is 0 Å². The molecule has 6 nitrogen and oxygen atoms in total. The van der Waals surface area contributed by atoms with Crippen molar-refractivity contribution in [3.8, 4) is 0 Å². The Labute approximate surface area is 126 Å². The molecule has 2 aromatic rings. The number of hydrogen-bond donors (Lipinski definition) is 2. The summed E-state index contributed by atoms with van der Waals surface area (Å²) in [6.45, 7) is 3.69. The first-order chi connectivity index (χ1) is 9.93. The second-order valence-electron chi connectivity index (χ2n) is 4.55. The predicted molar refractivity (Wildman–Crippen MR) is 83.3 cm³/mol. The topological polar surface area (TPSA) is 91.8 Å². The van der Waals surface area contributed by atoms with E-state index in [-0.39, 0.29) is 11.7 Å². The van der Waals surface area contributed by atoms with Gasteiger partial charge in [-0.3, -0.25) is 4.79 Å². The van der Waals surface area contributed by atoms with Gasteiger partial charge < -0.3 is 15.8 Å². The molecule has 0 aliphatic rings. The summed E-state index contributed by atoms with van der Waals surface area (Å²) < 4.78 is 0. The van der Waals surface area contributed by atoms with Gasteiger partial charge in [0.15, 0.2) is 5.84 Å². The number of carbonyl (C=O) groups is 1. The molecular formula is C14H16N4O2S. The fourth-order valence-corrected chi connectivity index (χ4v) is 2.83. The number of nitrogens with zero attached hydrogens (tertiary/aromatic N) is 3. The Kier molecular flexibility index (Phi) is 4.23. The molecule has 0 atom stereocenters. The number of thiazole rings is 1. The maximum absolute atomic E-state index is 12.5. The zero-order valence-corrected chi connectivity index (χ0v) is 12.8. The standard InChI is InChI=1S/C14H16N4O2S/c1-8-12(21-9(2)16-8)14(19)18(3)11-6-4-5-10(7-11)13(15)17-20/h4-7,20H,1-3H3,(H2,15,17). The second kappa shape index (κ2) is 5.92. The number of aryl methyl sites for hydroxylation is 2. The lowest BCUT2D eigenvalue weighted by atomic mass is 10.1. The number of oxime groups is 1. The lowest BCUT2D eigenvalue weighted by Gasteiger charge is -2.17. The third-order valence-corrected chi connectivity index (χ3v) is 4.10. The van der Waals surface area contributed by atoms with Gasteiger partial charge in [0.1, 0.15) is 4.88 Å². The van der Waals surface area contributed by atoms with Gasteiger partial charge in [0, 0.05) is 18.3 Å². The van der Waals surface area contributed by atoms with Crippen LogP contribution >= 0.6 is 11.3 Å². The highest BCUT2D eigenvalue weighted by Gasteiger charge is 2.19. The highest BCUT2D eigenvalue weighted by Crippen LogP contribution is 2.22. The highest BCUT2D eigenvalue weighted by atomic mass is 32.1. The number of nitrogens with two attached hydrogens (primary N) is 1. The molecule has 7 heteroatoms. The van der Waals surface area contributed by atoms with Crippen LogP contribution in [0.25, 0.3) is 0 Å². The van der Waals surface area contributed by atoms with Crippen LogP contribution in [-0.2, 0) is 0 Å². The van der Waals surface area contributed by atoms with E-state index in [0.717, 1.165) is 10.7 Å². The Morgan fingerprint density at radius 3 is 2.71 bits per heavy atom. The highest BCUT2D eigenvalue weighted by molar-refractivity contribution is 7.13. The average molecular weight is 304 g/mol. The largest absolute Gasteiger partial charge is 0.409 e. The first-order valence-corrected chi connectivity index (χ1v) is 7.05. The number of amidine groups is 1. The van der Waals surface area contributed by atoms with Crippen LogP contribution in [0.15, 0.2) is 29.4 Å². The maximum Gasteiger partial charge on any atom is 0.270 e. The Morgan fingerprint density at radius 1 is 1.43 bits per heavy atom. The zero-order valence-electron chi connectivity index (χ0n) is 12.0. The summed E-state index contributed by atoms with van der Waals surface area (Å²) in [5.74, 6) is -0.128. The van der Waals surface area contributed by atoms with Crippen LogP contribution in [0.1, 0.15) is 25.9 Å². The van der Waals surface area contributed by atoms with Crippen LogP contribution in [0.5, 0.6) is 0 Å². The summed E-state index contributed by atoms with van der Waals surface area (Å²) in [6.07, 6.45) is 0. The summed E-state index contributed by atoms with van der Waals surface area (Å²) >= 11 is 1.37. The van der Waals surface area contributed by atoms with Crippen LogP contribution in [0.4, 0.5) is 5.69 Å². The summed E-state index contributed by atoms with van der Waals surface area (Å²) in [5.41, 5.74) is 7.50. The molecule has 0 saturated carbocycles. The van der Waals surface area contributed by atoms with Crippen LogP contribution in [-0.4, -0.2) is 29.0 Å². The van der Waals surface area contributed by atoms with Crippen LogP contribution < -0.4 is 10.6 Å². The summed E-state index contributed by atoms with van der Waals surface area (Å²) in [7, 11) is 1.68. The monoisotopic (exact) mass is 304 g/mol. The number of aromatic nitrogens is 1. The molecule has 0 radical (unpaired) electrons. The van der Waals surface area contributed by atoms with Crippen molar-refractivity contribution in [2.24, 2.45) is 10.9 Å². The molecule has 1 aromatic heterocycles. The number of rotatable bonds is 3. The Balaban J connectivity index is 2.34. The Bertz CT molecular complexity index is 709. The van der Waals surface area contributed by atoms with Crippen LogP contribution in [0.3, 0.4) is 0 Å². The number of amides is 1. The molecule has 0 bridgehead atoms. The average Bonchev–Trinajstić information content (AvgIpc) is 2.83. The molecule has 0 saturated heterocycles. The van der Waals surface area contributed by atoms with Gasteiger partial charge in [-0.1, -0.05) is 17.3 Å². The molecule has 1 aromatic carbocycles.